The van der Waals surface area contributed by atoms with Gasteiger partial charge in [0.1, 0.15) is 12.4 Å². The van der Waals surface area contributed by atoms with Crippen molar-refractivity contribution < 1.29 is 14.2 Å². The average Bonchev–Trinajstić information content (AvgIpc) is 2.67. The van der Waals surface area contributed by atoms with Crippen LogP contribution in [-0.2, 0) is 13.0 Å². The van der Waals surface area contributed by atoms with Crippen molar-refractivity contribution >= 4 is 0 Å². The van der Waals surface area contributed by atoms with Crippen LogP contribution in [0.3, 0.4) is 0 Å². The van der Waals surface area contributed by atoms with Crippen LogP contribution in [0.2, 0.25) is 0 Å². The maximum Gasteiger partial charge on any atom is 0.161 e. The Hall–Kier alpha value is -2.71. The summed E-state index contributed by atoms with van der Waals surface area (Å²) in [5.74, 6) is 2.36. The van der Waals surface area contributed by atoms with Crippen LogP contribution in [0.4, 0.5) is 0 Å². The van der Waals surface area contributed by atoms with E-state index in [-0.39, 0.29) is 0 Å². The largest absolute Gasteiger partial charge is 0.493 e. The third-order valence-electron chi connectivity index (χ3n) is 4.46. The number of hydrogen-bond acceptors (Lipinski definition) is 5. The van der Waals surface area contributed by atoms with Crippen molar-refractivity contribution in [2.45, 2.75) is 13.0 Å². The molecule has 0 aromatic heterocycles. The van der Waals surface area contributed by atoms with Crippen molar-refractivity contribution in [3.63, 3.8) is 0 Å². The highest BCUT2D eigenvalue weighted by atomic mass is 16.5. The molecular weight excluding hydrogens is 316 g/mol. The van der Waals surface area contributed by atoms with Crippen molar-refractivity contribution in [1.82, 2.24) is 4.90 Å². The second-order valence-corrected chi connectivity index (χ2v) is 5.99. The highest BCUT2D eigenvalue weighted by Gasteiger charge is 2.19. The highest BCUT2D eigenvalue weighted by molar-refractivity contribution is 5.48. The molecule has 3 rings (SSSR count). The first-order valence-corrected chi connectivity index (χ1v) is 8.32. The molecule has 0 saturated heterocycles. The summed E-state index contributed by atoms with van der Waals surface area (Å²) >= 11 is 0. The third kappa shape index (κ3) is 4.04. The lowest BCUT2D eigenvalue weighted by molar-refractivity contribution is 0.196. The molecule has 130 valence electrons. The monoisotopic (exact) mass is 338 g/mol. The molecule has 0 fully saturated rings. The van der Waals surface area contributed by atoms with E-state index in [9.17, 15) is 0 Å². The van der Waals surface area contributed by atoms with Crippen LogP contribution in [0.15, 0.2) is 36.4 Å². The molecule has 25 heavy (non-hydrogen) atoms. The Kier molecular flexibility index (Phi) is 5.42. The second kappa shape index (κ2) is 7.91. The van der Waals surface area contributed by atoms with E-state index in [4.69, 9.17) is 19.5 Å². The van der Waals surface area contributed by atoms with Gasteiger partial charge in [0, 0.05) is 19.6 Å². The molecular formula is C20H22N2O3. The lowest BCUT2D eigenvalue weighted by Gasteiger charge is -2.29. The SMILES string of the molecule is COc1cc2c(cc1OC)CN(CCOc1ccc(C#N)cc1)CC2. The van der Waals surface area contributed by atoms with Crippen LogP contribution < -0.4 is 14.2 Å². The van der Waals surface area contributed by atoms with E-state index in [0.29, 0.717) is 12.2 Å². The van der Waals surface area contributed by atoms with Gasteiger partial charge >= 0.3 is 0 Å². The lowest BCUT2D eigenvalue weighted by atomic mass is 9.99. The van der Waals surface area contributed by atoms with Gasteiger partial charge in [-0.15, -0.1) is 0 Å². The van der Waals surface area contributed by atoms with E-state index in [1.54, 1.807) is 26.4 Å². The summed E-state index contributed by atoms with van der Waals surface area (Å²) in [5, 5.41) is 8.81. The molecule has 0 aliphatic carbocycles. The Balaban J connectivity index is 1.56. The van der Waals surface area contributed by atoms with E-state index in [1.165, 1.54) is 11.1 Å². The molecule has 0 N–H and O–H groups in total. The zero-order valence-electron chi connectivity index (χ0n) is 14.6. The summed E-state index contributed by atoms with van der Waals surface area (Å²) in [6.45, 7) is 3.36. The number of hydrogen-bond donors (Lipinski definition) is 0. The second-order valence-electron chi connectivity index (χ2n) is 5.99. The van der Waals surface area contributed by atoms with E-state index in [0.717, 1.165) is 43.3 Å². The van der Waals surface area contributed by atoms with Gasteiger partial charge in [-0.3, -0.25) is 4.90 Å². The number of nitriles is 1. The zero-order valence-corrected chi connectivity index (χ0v) is 14.6. The summed E-state index contributed by atoms with van der Waals surface area (Å²) in [6, 6.07) is 13.5. The Labute approximate surface area is 148 Å². The molecule has 2 aromatic carbocycles. The third-order valence-corrected chi connectivity index (χ3v) is 4.46. The minimum absolute atomic E-state index is 0.620. The fourth-order valence-corrected chi connectivity index (χ4v) is 3.05. The molecule has 1 aliphatic rings. The maximum absolute atomic E-state index is 8.81. The van der Waals surface area contributed by atoms with Crippen molar-refractivity contribution in [2.75, 3.05) is 33.9 Å². The smallest absolute Gasteiger partial charge is 0.161 e. The first-order chi connectivity index (χ1) is 12.2. The van der Waals surface area contributed by atoms with Gasteiger partial charge in [0.15, 0.2) is 11.5 Å². The van der Waals surface area contributed by atoms with E-state index in [2.05, 4.69) is 23.1 Å². The normalized spacial score (nSPS) is 13.6. The molecule has 5 nitrogen and oxygen atoms in total. The molecule has 0 atom stereocenters. The first-order valence-electron chi connectivity index (χ1n) is 8.32. The van der Waals surface area contributed by atoms with Gasteiger partial charge < -0.3 is 14.2 Å². The number of rotatable bonds is 6. The van der Waals surface area contributed by atoms with Crippen LogP contribution in [0.1, 0.15) is 16.7 Å². The molecule has 0 bridgehead atoms. The molecule has 0 unspecified atom stereocenters. The van der Waals surface area contributed by atoms with Gasteiger partial charge in [0.05, 0.1) is 25.9 Å². The standard InChI is InChI=1S/C20H22N2O3/c1-23-19-11-16-7-8-22(14-17(16)12-20(19)24-2)9-10-25-18-5-3-15(13-21)4-6-18/h3-6,11-12H,7-10,14H2,1-2H3. The highest BCUT2D eigenvalue weighted by Crippen LogP contribution is 2.33. The van der Waals surface area contributed by atoms with Crippen LogP contribution in [-0.4, -0.2) is 38.8 Å². The quantitative estimate of drug-likeness (QED) is 0.810. The van der Waals surface area contributed by atoms with Gasteiger partial charge in [0.25, 0.3) is 0 Å². The van der Waals surface area contributed by atoms with Crippen LogP contribution in [0.5, 0.6) is 17.2 Å². The maximum atomic E-state index is 8.81. The lowest BCUT2D eigenvalue weighted by Crippen LogP contribution is -2.33. The van der Waals surface area contributed by atoms with Crippen LogP contribution in [0.25, 0.3) is 0 Å². The first kappa shape index (κ1) is 17.1. The number of ether oxygens (including phenoxy) is 3. The van der Waals surface area contributed by atoms with E-state index >= 15 is 0 Å². The topological polar surface area (TPSA) is 54.7 Å². The fourth-order valence-electron chi connectivity index (χ4n) is 3.05. The Morgan fingerprint density at radius 1 is 1.04 bits per heavy atom. The molecule has 0 saturated carbocycles. The Morgan fingerprint density at radius 2 is 1.72 bits per heavy atom. The zero-order chi connectivity index (χ0) is 17.6. The van der Waals surface area contributed by atoms with Gasteiger partial charge in [-0.25, -0.2) is 0 Å². The number of methoxy groups -OCH3 is 2. The molecule has 1 aliphatic heterocycles. The summed E-state index contributed by atoms with van der Waals surface area (Å²) < 4.78 is 16.6. The van der Waals surface area contributed by atoms with Gasteiger partial charge in [0.2, 0.25) is 0 Å². The number of fused-ring (bicyclic) bond motifs is 1. The summed E-state index contributed by atoms with van der Waals surface area (Å²) in [5.41, 5.74) is 3.24. The van der Waals surface area contributed by atoms with Gasteiger partial charge in [-0.05, 0) is 53.9 Å². The fraction of sp³-hybridized carbons (Fsp3) is 0.350. The molecule has 2 aromatic rings. The number of nitrogens with zero attached hydrogens (tertiary/aromatic N) is 2. The predicted molar refractivity (Wildman–Crippen MR) is 95.2 cm³/mol. The molecule has 5 heteroatoms. The summed E-state index contributed by atoms with van der Waals surface area (Å²) in [7, 11) is 3.33. The van der Waals surface area contributed by atoms with Crippen LogP contribution in [0, 0.1) is 11.3 Å². The summed E-state index contributed by atoms with van der Waals surface area (Å²) in [6.07, 6.45) is 0.993. The summed E-state index contributed by atoms with van der Waals surface area (Å²) in [4.78, 5) is 2.37. The van der Waals surface area contributed by atoms with Crippen molar-refractivity contribution in [1.29, 1.82) is 5.26 Å². The van der Waals surface area contributed by atoms with Gasteiger partial charge in [-0.2, -0.15) is 5.26 Å². The number of benzene rings is 2. The minimum Gasteiger partial charge on any atom is -0.493 e. The molecule has 0 radical (unpaired) electrons. The van der Waals surface area contributed by atoms with Crippen molar-refractivity contribution in [2.24, 2.45) is 0 Å². The van der Waals surface area contributed by atoms with E-state index in [1.807, 2.05) is 12.1 Å². The molecule has 1 heterocycles. The van der Waals surface area contributed by atoms with Crippen molar-refractivity contribution in [3.05, 3.63) is 53.1 Å². The van der Waals surface area contributed by atoms with Crippen LogP contribution >= 0.6 is 0 Å². The molecule has 0 amide bonds. The van der Waals surface area contributed by atoms with E-state index < -0.39 is 0 Å². The predicted octanol–water partition coefficient (Wildman–Crippen LogP) is 3.01. The minimum atomic E-state index is 0.620. The Bertz CT molecular complexity index is 766. The van der Waals surface area contributed by atoms with Crippen molar-refractivity contribution in [3.8, 4) is 23.3 Å². The van der Waals surface area contributed by atoms with Gasteiger partial charge in [-0.1, -0.05) is 0 Å². The molecule has 0 spiro atoms. The Morgan fingerprint density at radius 3 is 2.36 bits per heavy atom. The average molecular weight is 338 g/mol.